The second-order valence-electron chi connectivity index (χ2n) is 9.45. The molecule has 1 aromatic heterocycles. The summed E-state index contributed by atoms with van der Waals surface area (Å²) in [6.45, 7) is 7.59. The molecule has 2 saturated heterocycles. The quantitative estimate of drug-likeness (QED) is 0.469. The fourth-order valence-corrected chi connectivity index (χ4v) is 4.26. The summed E-state index contributed by atoms with van der Waals surface area (Å²) in [6.07, 6.45) is 2.69. The van der Waals surface area contributed by atoms with Crippen molar-refractivity contribution in [3.8, 4) is 5.75 Å². The summed E-state index contributed by atoms with van der Waals surface area (Å²) in [5.74, 6) is 0.818. The van der Waals surface area contributed by atoms with Crippen molar-refractivity contribution in [3.05, 3.63) is 35.4 Å². The number of carbonyl (C=O) groups excluding carboxylic acids is 1. The molecule has 35 heavy (non-hydrogen) atoms. The Morgan fingerprint density at radius 2 is 2.06 bits per heavy atom. The fourth-order valence-electron chi connectivity index (χ4n) is 4.26. The van der Waals surface area contributed by atoms with Gasteiger partial charge in [0.25, 0.3) is 0 Å². The van der Waals surface area contributed by atoms with Crippen molar-refractivity contribution < 1.29 is 27.9 Å². The Bertz CT molecular complexity index is 971. The zero-order valence-corrected chi connectivity index (χ0v) is 20.7. The van der Waals surface area contributed by atoms with Gasteiger partial charge in [-0.3, -0.25) is 4.79 Å². The van der Waals surface area contributed by atoms with Crippen molar-refractivity contribution in [3.63, 3.8) is 0 Å². The van der Waals surface area contributed by atoms with Gasteiger partial charge in [0.15, 0.2) is 5.82 Å². The molecule has 3 heterocycles. The van der Waals surface area contributed by atoms with E-state index in [-0.39, 0.29) is 30.4 Å². The van der Waals surface area contributed by atoms with Gasteiger partial charge in [-0.25, -0.2) is 4.39 Å². The molecule has 2 fully saturated rings. The molecule has 1 amide bonds. The van der Waals surface area contributed by atoms with E-state index in [0.29, 0.717) is 43.8 Å². The van der Waals surface area contributed by atoms with Crippen LogP contribution in [0.15, 0.2) is 22.7 Å². The number of amides is 1. The Morgan fingerprint density at radius 3 is 2.71 bits per heavy atom. The Balaban J connectivity index is 1.15. The van der Waals surface area contributed by atoms with Crippen LogP contribution in [-0.2, 0) is 20.7 Å². The van der Waals surface area contributed by atoms with Crippen molar-refractivity contribution in [1.82, 2.24) is 15.0 Å². The lowest BCUT2D eigenvalue weighted by Crippen LogP contribution is -2.38. The van der Waals surface area contributed by atoms with Crippen molar-refractivity contribution in [1.29, 1.82) is 0 Å². The predicted octanol–water partition coefficient (Wildman–Crippen LogP) is 3.19. The number of aromatic nitrogens is 2. The third-order valence-corrected chi connectivity index (χ3v) is 6.58. The number of rotatable bonds is 10. The van der Waals surface area contributed by atoms with Gasteiger partial charge in [-0.05, 0) is 30.9 Å². The molecular formula is C25H35FN4O5. The van der Waals surface area contributed by atoms with Crippen LogP contribution in [0.1, 0.15) is 50.4 Å². The number of likely N-dealkylation sites (N-methyl/N-ethyl adjacent to an activating group) is 1. The van der Waals surface area contributed by atoms with Crippen LogP contribution in [0, 0.1) is 5.82 Å². The van der Waals surface area contributed by atoms with Crippen LogP contribution < -0.4 is 9.64 Å². The van der Waals surface area contributed by atoms with E-state index in [4.69, 9.17) is 18.7 Å². The number of benzene rings is 1. The monoisotopic (exact) mass is 490 g/mol. The number of ether oxygens (including phenoxy) is 3. The molecule has 1 aromatic carbocycles. The smallest absolute Gasteiger partial charge is 0.324 e. The molecule has 4 rings (SSSR count). The van der Waals surface area contributed by atoms with E-state index in [1.807, 2.05) is 13.8 Å². The lowest BCUT2D eigenvalue weighted by Gasteiger charge is -2.30. The number of nitrogens with zero attached hydrogens (tertiary/aromatic N) is 4. The van der Waals surface area contributed by atoms with Crippen LogP contribution in [0.25, 0.3) is 0 Å². The van der Waals surface area contributed by atoms with Crippen molar-refractivity contribution in [2.45, 2.75) is 57.6 Å². The van der Waals surface area contributed by atoms with Crippen LogP contribution >= 0.6 is 0 Å². The Morgan fingerprint density at radius 1 is 1.26 bits per heavy atom. The van der Waals surface area contributed by atoms with E-state index in [2.05, 4.69) is 15.0 Å². The summed E-state index contributed by atoms with van der Waals surface area (Å²) in [7, 11) is 1.74. The fraction of sp³-hybridized carbons (Fsp3) is 0.640. The van der Waals surface area contributed by atoms with Crippen molar-refractivity contribution in [2.75, 3.05) is 51.5 Å². The minimum Gasteiger partial charge on any atom is -0.491 e. The Labute approximate surface area is 205 Å². The molecule has 192 valence electrons. The molecule has 10 heteroatoms. The second-order valence-corrected chi connectivity index (χ2v) is 9.45. The van der Waals surface area contributed by atoms with Gasteiger partial charge in [-0.1, -0.05) is 25.1 Å². The molecule has 0 saturated carbocycles. The summed E-state index contributed by atoms with van der Waals surface area (Å²) in [5.41, 5.74) is 0.359. The first-order chi connectivity index (χ1) is 16.9. The van der Waals surface area contributed by atoms with Crippen LogP contribution in [0.5, 0.6) is 5.75 Å². The summed E-state index contributed by atoms with van der Waals surface area (Å²) in [5, 5.41) is 4.02. The summed E-state index contributed by atoms with van der Waals surface area (Å²) >= 11 is 0. The van der Waals surface area contributed by atoms with Gasteiger partial charge in [-0.15, -0.1) is 0 Å². The second kappa shape index (κ2) is 11.8. The first-order valence-corrected chi connectivity index (χ1v) is 12.4. The van der Waals surface area contributed by atoms with Gasteiger partial charge in [0, 0.05) is 38.7 Å². The van der Waals surface area contributed by atoms with Crippen molar-refractivity contribution >= 4 is 11.9 Å². The van der Waals surface area contributed by atoms with Crippen LogP contribution in [-0.4, -0.2) is 79.7 Å². The SMILES string of the molecule is CC(C)c1noc(N2CCC(OCCOc3ccc(CC(=O)N(C)C4CCOC4)c(F)c3)CC2)n1. The molecule has 2 aromatic rings. The molecule has 0 aliphatic carbocycles. The van der Waals surface area contributed by atoms with Crippen LogP contribution in [0.4, 0.5) is 10.4 Å². The molecule has 9 nitrogen and oxygen atoms in total. The highest BCUT2D eigenvalue weighted by Gasteiger charge is 2.25. The number of piperidine rings is 1. The van der Waals surface area contributed by atoms with Crippen LogP contribution in [0.2, 0.25) is 0 Å². The molecule has 0 N–H and O–H groups in total. The lowest BCUT2D eigenvalue weighted by molar-refractivity contribution is -0.131. The summed E-state index contributed by atoms with van der Waals surface area (Å²) in [6, 6.07) is 5.27. The van der Waals surface area contributed by atoms with E-state index in [0.717, 1.165) is 38.2 Å². The number of hydrogen-bond donors (Lipinski definition) is 0. The molecule has 0 spiro atoms. The maximum atomic E-state index is 14.5. The highest BCUT2D eigenvalue weighted by Crippen LogP contribution is 2.22. The van der Waals surface area contributed by atoms with E-state index >= 15 is 0 Å². The topological polar surface area (TPSA) is 90.2 Å². The average molecular weight is 491 g/mol. The zero-order valence-electron chi connectivity index (χ0n) is 20.7. The molecule has 0 bridgehead atoms. The standard InChI is InChI=1S/C25H35FN4O5/c1-17(2)24-27-25(35-28-24)30-9-6-20(7-10-30)33-12-13-34-21-5-4-18(22(26)15-21)14-23(31)29(3)19-8-11-32-16-19/h4-5,15,17,19-20H,6-14,16H2,1-3H3. The number of carbonyl (C=O) groups is 1. The van der Waals surface area contributed by atoms with E-state index in [1.165, 1.54) is 6.07 Å². The molecule has 1 atom stereocenters. The minimum atomic E-state index is -0.443. The predicted molar refractivity (Wildman–Crippen MR) is 127 cm³/mol. The van der Waals surface area contributed by atoms with Gasteiger partial charge in [0.2, 0.25) is 5.91 Å². The number of halogens is 1. The van der Waals surface area contributed by atoms with Crippen molar-refractivity contribution in [2.24, 2.45) is 0 Å². The molecule has 2 aliphatic heterocycles. The van der Waals surface area contributed by atoms with Gasteiger partial charge >= 0.3 is 6.01 Å². The average Bonchev–Trinajstić information content (AvgIpc) is 3.56. The molecular weight excluding hydrogens is 455 g/mol. The van der Waals surface area contributed by atoms with Crippen LogP contribution in [0.3, 0.4) is 0 Å². The highest BCUT2D eigenvalue weighted by molar-refractivity contribution is 5.79. The zero-order chi connectivity index (χ0) is 24.8. The Hall–Kier alpha value is -2.72. The summed E-state index contributed by atoms with van der Waals surface area (Å²) in [4.78, 5) is 20.7. The van der Waals surface area contributed by atoms with Gasteiger partial charge in [-0.2, -0.15) is 4.98 Å². The number of hydrogen-bond acceptors (Lipinski definition) is 8. The molecule has 2 aliphatic rings. The summed E-state index contributed by atoms with van der Waals surface area (Å²) < 4.78 is 36.8. The number of anilines is 1. The van der Waals surface area contributed by atoms with Gasteiger partial charge in [0.1, 0.15) is 18.2 Å². The first-order valence-electron chi connectivity index (χ1n) is 12.4. The third-order valence-electron chi connectivity index (χ3n) is 6.58. The van der Waals surface area contributed by atoms with E-state index < -0.39 is 5.82 Å². The molecule has 0 radical (unpaired) electrons. The van der Waals surface area contributed by atoms with E-state index in [9.17, 15) is 9.18 Å². The first kappa shape index (κ1) is 25.4. The highest BCUT2D eigenvalue weighted by atomic mass is 19.1. The van der Waals surface area contributed by atoms with Gasteiger partial charge in [0.05, 0.1) is 31.8 Å². The maximum absolute atomic E-state index is 14.5. The Kier molecular flexibility index (Phi) is 8.56. The third kappa shape index (κ3) is 6.70. The molecule has 1 unspecified atom stereocenters. The normalized spacial score (nSPS) is 18.9. The van der Waals surface area contributed by atoms with Gasteiger partial charge < -0.3 is 28.5 Å². The minimum absolute atomic E-state index is 0.0172. The lowest BCUT2D eigenvalue weighted by atomic mass is 10.1. The maximum Gasteiger partial charge on any atom is 0.324 e. The van der Waals surface area contributed by atoms with E-state index in [1.54, 1.807) is 24.1 Å². The largest absolute Gasteiger partial charge is 0.491 e.